The topological polar surface area (TPSA) is 79.2 Å². The van der Waals surface area contributed by atoms with Gasteiger partial charge in [0.15, 0.2) is 11.5 Å². The number of hydrogen-bond donors (Lipinski definition) is 2. The van der Waals surface area contributed by atoms with Gasteiger partial charge in [0, 0.05) is 25.1 Å². The van der Waals surface area contributed by atoms with Crippen LogP contribution in [0, 0.1) is 0 Å². The highest BCUT2D eigenvalue weighted by Crippen LogP contribution is 2.55. The van der Waals surface area contributed by atoms with E-state index in [4.69, 9.17) is 9.47 Å². The van der Waals surface area contributed by atoms with Gasteiger partial charge in [0.2, 0.25) is 0 Å². The van der Waals surface area contributed by atoms with Crippen LogP contribution in [0.4, 0.5) is 0 Å². The lowest BCUT2D eigenvalue weighted by Gasteiger charge is -2.36. The van der Waals surface area contributed by atoms with E-state index in [2.05, 4.69) is 6.08 Å². The third-order valence-electron chi connectivity index (χ3n) is 6.10. The molecule has 4 rings (SSSR count). The van der Waals surface area contributed by atoms with Crippen LogP contribution in [0.2, 0.25) is 0 Å². The predicted molar refractivity (Wildman–Crippen MR) is 95.6 cm³/mol. The van der Waals surface area contributed by atoms with E-state index in [9.17, 15) is 15.0 Å². The molecule has 6 nitrogen and oxygen atoms in total. The first-order chi connectivity index (χ1) is 12.5. The zero-order valence-electron chi connectivity index (χ0n) is 15.1. The number of nitrogens with zero attached hydrogens (tertiary/aromatic N) is 1. The summed E-state index contributed by atoms with van der Waals surface area (Å²) in [5.74, 6) is 0.663. The maximum Gasteiger partial charge on any atom is 0.320 e. The molecule has 1 aliphatic carbocycles. The van der Waals surface area contributed by atoms with Crippen molar-refractivity contribution in [2.24, 2.45) is 0 Å². The summed E-state index contributed by atoms with van der Waals surface area (Å²) in [6, 6.07) is 3.42. The molecular formula is C20H25NO5. The SMILES string of the molecule is CCC(C(=O)O)N1CCC23C=C[C@H](O)CC2Oc2c(OC)ccc(c23)C1. The van der Waals surface area contributed by atoms with Crippen molar-refractivity contribution in [3.05, 3.63) is 35.4 Å². The predicted octanol–water partition coefficient (Wildman–Crippen LogP) is 2.08. The third kappa shape index (κ3) is 2.43. The summed E-state index contributed by atoms with van der Waals surface area (Å²) in [5.41, 5.74) is 1.86. The van der Waals surface area contributed by atoms with Crippen molar-refractivity contribution in [3.8, 4) is 11.5 Å². The summed E-state index contributed by atoms with van der Waals surface area (Å²) in [4.78, 5) is 13.8. The second-order valence-corrected chi connectivity index (χ2v) is 7.42. The summed E-state index contributed by atoms with van der Waals surface area (Å²) in [6.45, 7) is 3.15. The van der Waals surface area contributed by atoms with E-state index in [1.807, 2.05) is 30.0 Å². The van der Waals surface area contributed by atoms with Crippen molar-refractivity contribution in [1.82, 2.24) is 4.90 Å². The van der Waals surface area contributed by atoms with E-state index in [0.29, 0.717) is 31.7 Å². The normalized spacial score (nSPS) is 30.7. The fourth-order valence-electron chi connectivity index (χ4n) is 4.81. The van der Waals surface area contributed by atoms with Crippen LogP contribution in [0.25, 0.3) is 0 Å². The first-order valence-electron chi connectivity index (χ1n) is 9.21. The van der Waals surface area contributed by atoms with Gasteiger partial charge in [-0.15, -0.1) is 0 Å². The van der Waals surface area contributed by atoms with Gasteiger partial charge in [-0.25, -0.2) is 0 Å². The van der Waals surface area contributed by atoms with Gasteiger partial charge in [0.1, 0.15) is 12.1 Å². The monoisotopic (exact) mass is 359 g/mol. The van der Waals surface area contributed by atoms with Crippen molar-refractivity contribution in [3.63, 3.8) is 0 Å². The van der Waals surface area contributed by atoms with Crippen LogP contribution in [0.5, 0.6) is 11.5 Å². The molecule has 6 heteroatoms. The number of methoxy groups -OCH3 is 1. The second kappa shape index (κ2) is 6.28. The molecule has 1 spiro atoms. The standard InChI is InChI=1S/C20H25NO5/c1-3-14(19(23)24)21-9-8-20-7-6-13(22)10-16(20)26-18-15(25-2)5-4-12(11-21)17(18)20/h4-7,13-14,16,22H,3,8-11H2,1-2H3,(H,23,24)/t13-,14?,16?,20?/m0/s1. The smallest absolute Gasteiger partial charge is 0.320 e. The molecule has 26 heavy (non-hydrogen) atoms. The van der Waals surface area contributed by atoms with E-state index >= 15 is 0 Å². The largest absolute Gasteiger partial charge is 0.493 e. The average Bonchev–Trinajstić information content (AvgIpc) is 2.85. The Morgan fingerprint density at radius 1 is 1.50 bits per heavy atom. The Morgan fingerprint density at radius 2 is 2.31 bits per heavy atom. The van der Waals surface area contributed by atoms with E-state index < -0.39 is 18.1 Å². The van der Waals surface area contributed by atoms with Gasteiger partial charge in [-0.05, 0) is 24.5 Å². The number of rotatable bonds is 4. The highest BCUT2D eigenvalue weighted by Gasteiger charge is 2.53. The molecule has 0 fully saturated rings. The number of aliphatic hydroxyl groups is 1. The van der Waals surface area contributed by atoms with E-state index in [1.54, 1.807) is 7.11 Å². The molecule has 0 aromatic heterocycles. The van der Waals surface area contributed by atoms with Gasteiger partial charge in [-0.1, -0.05) is 25.1 Å². The number of aliphatic hydroxyl groups excluding tert-OH is 1. The maximum absolute atomic E-state index is 11.7. The van der Waals surface area contributed by atoms with Crippen LogP contribution in [0.1, 0.15) is 37.3 Å². The van der Waals surface area contributed by atoms with Crippen molar-refractivity contribution in [2.75, 3.05) is 13.7 Å². The van der Waals surface area contributed by atoms with Gasteiger partial charge in [-0.3, -0.25) is 9.69 Å². The highest BCUT2D eigenvalue weighted by molar-refractivity contribution is 5.73. The summed E-state index contributed by atoms with van der Waals surface area (Å²) >= 11 is 0. The van der Waals surface area contributed by atoms with Crippen molar-refractivity contribution < 1.29 is 24.5 Å². The number of carboxylic acids is 1. The molecule has 140 valence electrons. The lowest BCUT2D eigenvalue weighted by molar-refractivity contribution is -0.143. The first kappa shape index (κ1) is 17.4. The van der Waals surface area contributed by atoms with Crippen LogP contribution in [-0.4, -0.2) is 53.0 Å². The molecule has 1 aromatic carbocycles. The Kier molecular flexibility index (Phi) is 4.20. The van der Waals surface area contributed by atoms with Gasteiger partial charge >= 0.3 is 5.97 Å². The van der Waals surface area contributed by atoms with E-state index in [-0.39, 0.29) is 11.5 Å². The van der Waals surface area contributed by atoms with E-state index in [1.165, 1.54) is 0 Å². The summed E-state index contributed by atoms with van der Waals surface area (Å²) in [7, 11) is 1.63. The molecule has 4 atom stereocenters. The Bertz CT molecular complexity index is 761. The minimum Gasteiger partial charge on any atom is -0.493 e. The van der Waals surface area contributed by atoms with Crippen molar-refractivity contribution in [1.29, 1.82) is 0 Å². The minimum absolute atomic E-state index is 0.155. The van der Waals surface area contributed by atoms with E-state index in [0.717, 1.165) is 23.3 Å². The Labute approximate surface area is 153 Å². The summed E-state index contributed by atoms with van der Waals surface area (Å²) < 4.78 is 11.8. The fraction of sp³-hybridized carbons (Fsp3) is 0.550. The van der Waals surface area contributed by atoms with Gasteiger partial charge in [-0.2, -0.15) is 0 Å². The van der Waals surface area contributed by atoms with Crippen LogP contribution >= 0.6 is 0 Å². The average molecular weight is 359 g/mol. The Hall–Kier alpha value is -2.05. The molecule has 0 radical (unpaired) electrons. The van der Waals surface area contributed by atoms with Gasteiger partial charge < -0.3 is 19.7 Å². The number of carbonyl (C=O) groups is 1. The molecule has 3 aliphatic rings. The van der Waals surface area contributed by atoms with Crippen LogP contribution in [0.15, 0.2) is 24.3 Å². The molecule has 0 bridgehead atoms. The van der Waals surface area contributed by atoms with Crippen molar-refractivity contribution in [2.45, 2.75) is 56.4 Å². The first-order valence-corrected chi connectivity index (χ1v) is 9.21. The van der Waals surface area contributed by atoms with Crippen LogP contribution in [-0.2, 0) is 16.8 Å². The third-order valence-corrected chi connectivity index (χ3v) is 6.10. The lowest BCUT2D eigenvalue weighted by Crippen LogP contribution is -2.44. The molecule has 2 N–H and O–H groups in total. The molecule has 2 heterocycles. The number of hydrogen-bond acceptors (Lipinski definition) is 5. The maximum atomic E-state index is 11.7. The zero-order chi connectivity index (χ0) is 18.5. The molecule has 2 aliphatic heterocycles. The van der Waals surface area contributed by atoms with Crippen LogP contribution < -0.4 is 9.47 Å². The molecular weight excluding hydrogens is 334 g/mol. The van der Waals surface area contributed by atoms with Crippen molar-refractivity contribution >= 4 is 5.97 Å². The highest BCUT2D eigenvalue weighted by atomic mass is 16.5. The lowest BCUT2D eigenvalue weighted by atomic mass is 9.69. The quantitative estimate of drug-likeness (QED) is 0.802. The number of carboxylic acid groups (broad SMARTS) is 1. The summed E-state index contributed by atoms with van der Waals surface area (Å²) in [5, 5.41) is 19.7. The number of aliphatic carboxylic acids is 1. The number of ether oxygens (including phenoxy) is 2. The second-order valence-electron chi connectivity index (χ2n) is 7.42. The summed E-state index contributed by atoms with van der Waals surface area (Å²) in [6.07, 6.45) is 5.11. The molecule has 0 saturated carbocycles. The van der Waals surface area contributed by atoms with Crippen LogP contribution in [0.3, 0.4) is 0 Å². The van der Waals surface area contributed by atoms with Gasteiger partial charge in [0.25, 0.3) is 0 Å². The fourth-order valence-corrected chi connectivity index (χ4v) is 4.81. The van der Waals surface area contributed by atoms with Gasteiger partial charge in [0.05, 0.1) is 18.6 Å². The minimum atomic E-state index is -0.779. The molecule has 3 unspecified atom stereocenters. The zero-order valence-corrected chi connectivity index (χ0v) is 15.1. The molecule has 0 saturated heterocycles. The number of benzene rings is 1. The Morgan fingerprint density at radius 3 is 3.00 bits per heavy atom. The molecule has 1 aromatic rings. The Balaban J connectivity index is 1.84. The molecule has 0 amide bonds.